The van der Waals surface area contributed by atoms with E-state index < -0.39 is 0 Å². The number of ether oxygens (including phenoxy) is 1. The third kappa shape index (κ3) is 4.20. The van der Waals surface area contributed by atoms with Crippen LogP contribution in [0.15, 0.2) is 73.2 Å². The number of hydrogen-bond donors (Lipinski definition) is 1. The fourth-order valence-electron chi connectivity index (χ4n) is 3.53. The fraction of sp³-hybridized carbons (Fsp3) is 0.0833. The Morgan fingerprint density at radius 2 is 1.91 bits per heavy atom. The number of nitrogens with one attached hydrogen (secondary N) is 1. The first kappa shape index (κ1) is 20.8. The van der Waals surface area contributed by atoms with Crippen molar-refractivity contribution in [3.8, 4) is 17.3 Å². The van der Waals surface area contributed by atoms with Crippen molar-refractivity contribution in [1.29, 1.82) is 0 Å². The maximum Gasteiger partial charge on any atom is 0.183 e. The molecule has 0 amide bonds. The van der Waals surface area contributed by atoms with Crippen LogP contribution in [-0.2, 0) is 6.54 Å². The highest BCUT2D eigenvalue weighted by Crippen LogP contribution is 2.31. The summed E-state index contributed by atoms with van der Waals surface area (Å²) < 4.78 is 21.0. The number of methoxy groups -OCH3 is 1. The molecule has 3 aromatic heterocycles. The van der Waals surface area contributed by atoms with E-state index in [2.05, 4.69) is 20.3 Å². The molecule has 0 aliphatic carbocycles. The third-order valence-electron chi connectivity index (χ3n) is 5.12. The van der Waals surface area contributed by atoms with Crippen LogP contribution in [0.3, 0.4) is 0 Å². The van der Waals surface area contributed by atoms with Crippen LogP contribution < -0.4 is 10.1 Å². The number of rotatable bonds is 6. The Kier molecular flexibility index (Phi) is 5.58. The Bertz CT molecular complexity index is 1440. The van der Waals surface area contributed by atoms with E-state index in [1.807, 2.05) is 36.4 Å². The average Bonchev–Trinajstić information content (AvgIpc) is 3.20. The molecule has 0 aliphatic heterocycles. The smallest absolute Gasteiger partial charge is 0.183 e. The van der Waals surface area contributed by atoms with E-state index in [9.17, 15) is 4.39 Å². The standard InChI is InChI=1S/C24H18ClFN6O/c1-33-21-13-28-24(30-23(21)29-17-8-10-27-11-9-17)22-18-4-2-3-5-20(18)32(31-22)14-15-12-16(26)6-7-19(15)25/h2-13H,14H2,1H3,(H,27,28,29,30). The minimum Gasteiger partial charge on any atom is -0.491 e. The van der Waals surface area contributed by atoms with Gasteiger partial charge in [0.15, 0.2) is 17.4 Å². The highest BCUT2D eigenvalue weighted by Gasteiger charge is 2.18. The predicted octanol–water partition coefficient (Wildman–Crippen LogP) is 5.48. The third-order valence-corrected chi connectivity index (χ3v) is 5.48. The minimum absolute atomic E-state index is 0.301. The number of fused-ring (bicyclic) bond motifs is 1. The number of hydrogen-bond acceptors (Lipinski definition) is 6. The number of pyridine rings is 1. The zero-order chi connectivity index (χ0) is 22.8. The Morgan fingerprint density at radius 1 is 1.09 bits per heavy atom. The first-order valence-electron chi connectivity index (χ1n) is 10.1. The van der Waals surface area contributed by atoms with Crippen LogP contribution in [0.1, 0.15) is 5.56 Å². The molecule has 0 fully saturated rings. The normalized spacial score (nSPS) is 11.0. The lowest BCUT2D eigenvalue weighted by Gasteiger charge is -2.10. The zero-order valence-electron chi connectivity index (χ0n) is 17.5. The van der Waals surface area contributed by atoms with E-state index in [4.69, 9.17) is 21.4 Å². The van der Waals surface area contributed by atoms with Gasteiger partial charge in [0.05, 0.1) is 25.4 Å². The molecule has 0 spiro atoms. The Morgan fingerprint density at radius 3 is 2.73 bits per heavy atom. The monoisotopic (exact) mass is 460 g/mol. The summed E-state index contributed by atoms with van der Waals surface area (Å²) in [6.45, 7) is 0.301. The topological polar surface area (TPSA) is 77.8 Å². The number of halogens is 2. The second-order valence-corrected chi connectivity index (χ2v) is 7.64. The molecular formula is C24H18ClFN6O. The summed E-state index contributed by atoms with van der Waals surface area (Å²) in [6.07, 6.45) is 4.97. The van der Waals surface area contributed by atoms with Gasteiger partial charge in [-0.1, -0.05) is 29.8 Å². The van der Waals surface area contributed by atoms with Crippen LogP contribution in [0.5, 0.6) is 5.75 Å². The Balaban J connectivity index is 1.59. The lowest BCUT2D eigenvalue weighted by Crippen LogP contribution is -2.04. The van der Waals surface area contributed by atoms with Crippen molar-refractivity contribution in [3.05, 3.63) is 89.6 Å². The van der Waals surface area contributed by atoms with Crippen molar-refractivity contribution < 1.29 is 9.13 Å². The van der Waals surface area contributed by atoms with Gasteiger partial charge in [0.1, 0.15) is 11.5 Å². The lowest BCUT2D eigenvalue weighted by molar-refractivity contribution is 0.413. The Labute approximate surface area is 193 Å². The van der Waals surface area contributed by atoms with Crippen molar-refractivity contribution in [2.24, 2.45) is 0 Å². The van der Waals surface area contributed by atoms with Gasteiger partial charge in [-0.05, 0) is 42.0 Å². The minimum atomic E-state index is -0.351. The van der Waals surface area contributed by atoms with E-state index in [1.165, 1.54) is 12.1 Å². The van der Waals surface area contributed by atoms with Crippen molar-refractivity contribution in [1.82, 2.24) is 24.7 Å². The molecule has 0 saturated heterocycles. The molecule has 0 radical (unpaired) electrons. The largest absolute Gasteiger partial charge is 0.491 e. The first-order valence-corrected chi connectivity index (χ1v) is 10.5. The molecule has 0 saturated carbocycles. The molecule has 3 heterocycles. The fourth-order valence-corrected chi connectivity index (χ4v) is 3.71. The second-order valence-electron chi connectivity index (χ2n) is 7.23. The average molecular weight is 461 g/mol. The lowest BCUT2D eigenvalue weighted by atomic mass is 10.2. The van der Waals surface area contributed by atoms with Crippen molar-refractivity contribution in [3.63, 3.8) is 0 Å². The van der Waals surface area contributed by atoms with E-state index >= 15 is 0 Å². The molecule has 0 unspecified atom stereocenters. The summed E-state index contributed by atoms with van der Waals surface area (Å²) in [7, 11) is 1.56. The van der Waals surface area contributed by atoms with Crippen LogP contribution in [-0.4, -0.2) is 31.8 Å². The summed E-state index contributed by atoms with van der Waals surface area (Å²) in [5.41, 5.74) is 2.89. The molecule has 2 aromatic carbocycles. The molecular weight excluding hydrogens is 443 g/mol. The van der Waals surface area contributed by atoms with Crippen LogP contribution in [0.4, 0.5) is 15.9 Å². The predicted molar refractivity (Wildman–Crippen MR) is 125 cm³/mol. The van der Waals surface area contributed by atoms with Crippen molar-refractivity contribution in [2.45, 2.75) is 6.54 Å². The van der Waals surface area contributed by atoms with Gasteiger partial charge >= 0.3 is 0 Å². The summed E-state index contributed by atoms with van der Waals surface area (Å²) >= 11 is 6.29. The molecule has 1 N–H and O–H groups in total. The molecule has 0 aliphatic rings. The summed E-state index contributed by atoms with van der Waals surface area (Å²) in [6, 6.07) is 15.7. The van der Waals surface area contributed by atoms with E-state index in [0.717, 1.165) is 16.6 Å². The Hall–Kier alpha value is -4.04. The van der Waals surface area contributed by atoms with Gasteiger partial charge in [-0.25, -0.2) is 14.4 Å². The van der Waals surface area contributed by atoms with Gasteiger partial charge in [-0.15, -0.1) is 0 Å². The maximum atomic E-state index is 13.8. The van der Waals surface area contributed by atoms with Gasteiger partial charge in [-0.3, -0.25) is 9.67 Å². The molecule has 5 rings (SSSR count). The highest BCUT2D eigenvalue weighted by molar-refractivity contribution is 6.31. The number of anilines is 2. The number of benzene rings is 2. The highest BCUT2D eigenvalue weighted by atomic mass is 35.5. The maximum absolute atomic E-state index is 13.8. The van der Waals surface area contributed by atoms with Gasteiger partial charge < -0.3 is 10.1 Å². The van der Waals surface area contributed by atoms with E-state index in [1.54, 1.807) is 36.4 Å². The molecule has 33 heavy (non-hydrogen) atoms. The first-order chi connectivity index (χ1) is 16.1. The van der Waals surface area contributed by atoms with E-state index in [-0.39, 0.29) is 5.82 Å². The van der Waals surface area contributed by atoms with Crippen LogP contribution in [0.25, 0.3) is 22.4 Å². The molecule has 9 heteroatoms. The van der Waals surface area contributed by atoms with Crippen LogP contribution in [0.2, 0.25) is 5.02 Å². The van der Waals surface area contributed by atoms with Gasteiger partial charge in [0.25, 0.3) is 0 Å². The summed E-state index contributed by atoms with van der Waals surface area (Å²) in [4.78, 5) is 13.2. The quantitative estimate of drug-likeness (QED) is 0.361. The number of nitrogens with zero attached hydrogens (tertiary/aromatic N) is 5. The van der Waals surface area contributed by atoms with Crippen molar-refractivity contribution >= 4 is 34.0 Å². The van der Waals surface area contributed by atoms with Crippen LogP contribution in [0, 0.1) is 5.82 Å². The summed E-state index contributed by atoms with van der Waals surface area (Å²) in [5.74, 6) is 1.07. The number of para-hydroxylation sites is 1. The van der Waals surface area contributed by atoms with Crippen LogP contribution >= 0.6 is 11.6 Å². The zero-order valence-corrected chi connectivity index (χ0v) is 18.3. The summed E-state index contributed by atoms with van der Waals surface area (Å²) in [5, 5.41) is 9.33. The SMILES string of the molecule is COc1cnc(-c2nn(Cc3cc(F)ccc3Cl)c3ccccc23)nc1Nc1ccncc1. The van der Waals surface area contributed by atoms with Gasteiger partial charge in [0, 0.05) is 28.5 Å². The number of aromatic nitrogens is 5. The van der Waals surface area contributed by atoms with Gasteiger partial charge in [-0.2, -0.15) is 5.10 Å². The molecule has 0 bridgehead atoms. The molecule has 7 nitrogen and oxygen atoms in total. The molecule has 0 atom stereocenters. The van der Waals surface area contributed by atoms with Gasteiger partial charge in [0.2, 0.25) is 0 Å². The molecule has 5 aromatic rings. The van der Waals surface area contributed by atoms with Crippen molar-refractivity contribution in [2.75, 3.05) is 12.4 Å². The second kappa shape index (κ2) is 8.84. The van der Waals surface area contributed by atoms with E-state index in [0.29, 0.717) is 40.2 Å². The molecule has 164 valence electrons.